The van der Waals surface area contributed by atoms with Gasteiger partial charge in [0.05, 0.1) is 18.1 Å². The monoisotopic (exact) mass is 414 g/mol. The van der Waals surface area contributed by atoms with E-state index in [-0.39, 0.29) is 18.1 Å². The quantitative estimate of drug-likeness (QED) is 0.443. The molecule has 158 valence electrons. The fourth-order valence-electron chi connectivity index (χ4n) is 3.86. The van der Waals surface area contributed by atoms with Gasteiger partial charge in [-0.1, -0.05) is 62.4 Å². The molecule has 2 aromatic heterocycles. The summed E-state index contributed by atoms with van der Waals surface area (Å²) in [7, 11) is 0. The summed E-state index contributed by atoms with van der Waals surface area (Å²) in [6, 6.07) is 17.6. The average molecular weight is 415 g/mol. The summed E-state index contributed by atoms with van der Waals surface area (Å²) in [5.41, 5.74) is 2.87. The van der Waals surface area contributed by atoms with Gasteiger partial charge in [0.2, 0.25) is 0 Å². The lowest BCUT2D eigenvalue weighted by atomic mass is 10.0. The average Bonchev–Trinajstić information content (AvgIpc) is 3.22. The largest absolute Gasteiger partial charge is 0.337 e. The van der Waals surface area contributed by atoms with Crippen LogP contribution < -0.4 is 11.2 Å². The zero-order valence-corrected chi connectivity index (χ0v) is 18.0. The molecule has 31 heavy (non-hydrogen) atoms. The van der Waals surface area contributed by atoms with Gasteiger partial charge in [0, 0.05) is 6.54 Å². The molecule has 2 aromatic carbocycles. The van der Waals surface area contributed by atoms with Gasteiger partial charge in [0.15, 0.2) is 11.2 Å². The van der Waals surface area contributed by atoms with Gasteiger partial charge in [-0.15, -0.1) is 6.58 Å². The zero-order chi connectivity index (χ0) is 22.1. The van der Waals surface area contributed by atoms with Crippen LogP contribution in [0.4, 0.5) is 0 Å². The summed E-state index contributed by atoms with van der Waals surface area (Å²) in [5.74, 6) is 0.381. The molecule has 4 aromatic rings. The second kappa shape index (κ2) is 8.22. The van der Waals surface area contributed by atoms with Gasteiger partial charge in [0.25, 0.3) is 5.56 Å². The maximum Gasteiger partial charge on any atom is 0.337 e. The number of nitrogens with zero attached hydrogens (tertiary/aromatic N) is 4. The van der Waals surface area contributed by atoms with Gasteiger partial charge in [-0.05, 0) is 36.1 Å². The van der Waals surface area contributed by atoms with Crippen molar-refractivity contribution in [1.29, 1.82) is 0 Å². The summed E-state index contributed by atoms with van der Waals surface area (Å²) < 4.78 is 4.56. The summed E-state index contributed by atoms with van der Waals surface area (Å²) in [6.45, 7) is 10.1. The summed E-state index contributed by atoms with van der Waals surface area (Å²) in [6.07, 6.45) is 3.20. The third-order valence-electron chi connectivity index (χ3n) is 5.69. The van der Waals surface area contributed by atoms with Crippen molar-refractivity contribution in [2.45, 2.75) is 39.3 Å². The molecule has 0 aliphatic heterocycles. The van der Waals surface area contributed by atoms with Gasteiger partial charge in [-0.3, -0.25) is 9.36 Å². The van der Waals surface area contributed by atoms with Gasteiger partial charge in [-0.2, -0.15) is 0 Å². The molecule has 0 aliphatic rings. The minimum Gasteiger partial charge on any atom is -0.317 e. The van der Waals surface area contributed by atoms with Crippen LogP contribution in [-0.4, -0.2) is 18.7 Å². The topological polar surface area (TPSA) is 61.8 Å². The van der Waals surface area contributed by atoms with Crippen LogP contribution in [0.2, 0.25) is 0 Å². The molecule has 4 rings (SSSR count). The highest BCUT2D eigenvalue weighted by Crippen LogP contribution is 2.23. The van der Waals surface area contributed by atoms with Crippen LogP contribution in [0.25, 0.3) is 16.9 Å². The maximum atomic E-state index is 13.3. The lowest BCUT2D eigenvalue weighted by Crippen LogP contribution is -2.40. The molecule has 0 amide bonds. The van der Waals surface area contributed by atoms with Crippen molar-refractivity contribution in [3.8, 4) is 5.69 Å². The Bertz CT molecular complexity index is 1340. The van der Waals surface area contributed by atoms with Gasteiger partial charge >= 0.3 is 5.69 Å². The van der Waals surface area contributed by atoms with Crippen molar-refractivity contribution in [3.63, 3.8) is 0 Å². The molecular weight excluding hydrogens is 388 g/mol. The van der Waals surface area contributed by atoms with Gasteiger partial charge < -0.3 is 4.57 Å². The highest BCUT2D eigenvalue weighted by atomic mass is 16.2. The van der Waals surface area contributed by atoms with Crippen LogP contribution in [-0.2, 0) is 6.54 Å². The molecule has 0 saturated heterocycles. The molecule has 0 bridgehead atoms. The van der Waals surface area contributed by atoms with E-state index < -0.39 is 5.69 Å². The minimum absolute atomic E-state index is 0.120. The SMILES string of the molecule is C=CCn1c(=O)c2c(ncn2[C@@H](C)c2ccccc2)n(-c2ccc(C(C)C)cc2)c1=O. The standard InChI is InChI=1S/C25H26N4O2/c1-5-15-27-24(30)22-23(26-16-28(22)18(4)20-9-7-6-8-10-20)29(25(27)31)21-13-11-19(12-14-21)17(2)3/h5-14,16-18H,1,15H2,2-4H3/t18-/m0/s1. The lowest BCUT2D eigenvalue weighted by Gasteiger charge is -2.16. The van der Waals surface area contributed by atoms with E-state index in [4.69, 9.17) is 0 Å². The van der Waals surface area contributed by atoms with Crippen molar-refractivity contribution in [2.75, 3.05) is 0 Å². The molecule has 0 radical (unpaired) electrons. The first kappa shape index (κ1) is 20.6. The van der Waals surface area contributed by atoms with Crippen LogP contribution in [0.5, 0.6) is 0 Å². The van der Waals surface area contributed by atoms with Crippen LogP contribution in [0, 0.1) is 0 Å². The minimum atomic E-state index is -0.424. The van der Waals surface area contributed by atoms with Crippen molar-refractivity contribution < 1.29 is 0 Å². The predicted octanol–water partition coefficient (Wildman–Crippen LogP) is 4.27. The lowest BCUT2D eigenvalue weighted by molar-refractivity contribution is 0.642. The molecule has 1 atom stereocenters. The van der Waals surface area contributed by atoms with E-state index >= 15 is 0 Å². The van der Waals surface area contributed by atoms with Gasteiger partial charge in [-0.25, -0.2) is 14.3 Å². The Hall–Kier alpha value is -3.67. The molecule has 0 N–H and O–H groups in total. The third kappa shape index (κ3) is 3.54. The number of allylic oxidation sites excluding steroid dienone is 1. The first-order valence-corrected chi connectivity index (χ1v) is 10.4. The Balaban J connectivity index is 2.01. The smallest absolute Gasteiger partial charge is 0.317 e. The highest BCUT2D eigenvalue weighted by molar-refractivity contribution is 5.73. The number of rotatable bonds is 6. The Morgan fingerprint density at radius 2 is 1.65 bits per heavy atom. The zero-order valence-electron chi connectivity index (χ0n) is 18.0. The molecule has 0 spiro atoms. The molecule has 0 unspecified atom stereocenters. The van der Waals surface area contributed by atoms with Gasteiger partial charge in [0.1, 0.15) is 0 Å². The molecule has 6 heteroatoms. The number of fused-ring (bicyclic) bond motifs is 1. The van der Waals surface area contributed by atoms with E-state index in [1.54, 1.807) is 12.4 Å². The summed E-state index contributed by atoms with van der Waals surface area (Å²) in [5, 5.41) is 0. The number of hydrogen-bond acceptors (Lipinski definition) is 3. The molecule has 0 saturated carbocycles. The first-order chi connectivity index (χ1) is 14.9. The normalized spacial score (nSPS) is 12.4. The van der Waals surface area contributed by atoms with Crippen LogP contribution in [0.3, 0.4) is 0 Å². The molecule has 2 heterocycles. The van der Waals surface area contributed by atoms with Crippen LogP contribution in [0.1, 0.15) is 43.9 Å². The third-order valence-corrected chi connectivity index (χ3v) is 5.69. The van der Waals surface area contributed by atoms with Crippen molar-refractivity contribution in [2.24, 2.45) is 0 Å². The van der Waals surface area contributed by atoms with Crippen molar-refractivity contribution >= 4 is 11.2 Å². The maximum absolute atomic E-state index is 13.3. The van der Waals surface area contributed by atoms with E-state index in [2.05, 4.69) is 25.4 Å². The number of hydrogen-bond donors (Lipinski definition) is 0. The number of aromatic nitrogens is 4. The summed E-state index contributed by atoms with van der Waals surface area (Å²) in [4.78, 5) is 31.1. The first-order valence-electron chi connectivity index (χ1n) is 10.4. The Labute approximate surface area is 180 Å². The number of imidazole rings is 1. The highest BCUT2D eigenvalue weighted by Gasteiger charge is 2.21. The predicted molar refractivity (Wildman–Crippen MR) is 124 cm³/mol. The van der Waals surface area contributed by atoms with E-state index in [0.29, 0.717) is 22.8 Å². The summed E-state index contributed by atoms with van der Waals surface area (Å²) >= 11 is 0. The van der Waals surface area contributed by atoms with E-state index in [0.717, 1.165) is 5.56 Å². The molecule has 0 aliphatic carbocycles. The van der Waals surface area contributed by atoms with E-state index in [9.17, 15) is 9.59 Å². The van der Waals surface area contributed by atoms with E-state index in [1.807, 2.05) is 66.1 Å². The fourth-order valence-corrected chi connectivity index (χ4v) is 3.86. The van der Waals surface area contributed by atoms with Crippen LogP contribution in [0.15, 0.2) is 83.2 Å². The second-order valence-corrected chi connectivity index (χ2v) is 7.98. The number of benzene rings is 2. The fraction of sp³-hybridized carbons (Fsp3) is 0.240. The van der Waals surface area contributed by atoms with E-state index in [1.165, 1.54) is 14.7 Å². The van der Waals surface area contributed by atoms with Crippen molar-refractivity contribution in [3.05, 3.63) is 106 Å². The molecule has 0 fully saturated rings. The Morgan fingerprint density at radius 1 is 0.968 bits per heavy atom. The van der Waals surface area contributed by atoms with Crippen LogP contribution >= 0.6 is 0 Å². The Kier molecular flexibility index (Phi) is 5.46. The molecule has 6 nitrogen and oxygen atoms in total. The van der Waals surface area contributed by atoms with Crippen molar-refractivity contribution in [1.82, 2.24) is 18.7 Å². The Morgan fingerprint density at radius 3 is 2.26 bits per heavy atom. The second-order valence-electron chi connectivity index (χ2n) is 7.98. The molecular formula is C25H26N4O2.